The van der Waals surface area contributed by atoms with E-state index in [4.69, 9.17) is 5.73 Å². The van der Waals surface area contributed by atoms with Crippen LogP contribution >= 0.6 is 0 Å². The number of anilines is 1. The molecule has 0 bridgehead atoms. The molecule has 94 valence electrons. The third-order valence-electron chi connectivity index (χ3n) is 2.89. The van der Waals surface area contributed by atoms with Gasteiger partial charge in [-0.3, -0.25) is 4.79 Å². The van der Waals surface area contributed by atoms with Crippen molar-refractivity contribution in [1.29, 1.82) is 0 Å². The van der Waals surface area contributed by atoms with Crippen LogP contribution in [0.15, 0.2) is 18.2 Å². The summed E-state index contributed by atoms with van der Waals surface area (Å²) in [6, 6.07) is 5.59. The van der Waals surface area contributed by atoms with Gasteiger partial charge in [0.2, 0.25) is 0 Å². The fraction of sp³-hybridized carbons (Fsp3) is 0.500. The summed E-state index contributed by atoms with van der Waals surface area (Å²) in [7, 11) is 0. The average molecular weight is 234 g/mol. The molecule has 0 aromatic heterocycles. The molecule has 0 fully saturated rings. The minimum Gasteiger partial charge on any atom is -0.398 e. The van der Waals surface area contributed by atoms with Crippen molar-refractivity contribution in [2.45, 2.75) is 33.6 Å². The van der Waals surface area contributed by atoms with Gasteiger partial charge in [-0.1, -0.05) is 25.0 Å². The van der Waals surface area contributed by atoms with Crippen molar-refractivity contribution in [2.75, 3.05) is 18.8 Å². The smallest absolute Gasteiger partial charge is 0.255 e. The van der Waals surface area contributed by atoms with E-state index in [2.05, 4.69) is 6.92 Å². The first kappa shape index (κ1) is 13.6. The van der Waals surface area contributed by atoms with Gasteiger partial charge in [-0.05, 0) is 32.4 Å². The molecule has 0 unspecified atom stereocenters. The average Bonchev–Trinajstić information content (AvgIpc) is 2.33. The van der Waals surface area contributed by atoms with E-state index in [0.717, 1.165) is 31.5 Å². The number of aryl methyl sites for hydroxylation is 1. The molecule has 0 spiro atoms. The quantitative estimate of drug-likeness (QED) is 0.796. The molecule has 1 rings (SSSR count). The van der Waals surface area contributed by atoms with Gasteiger partial charge in [0.1, 0.15) is 0 Å². The van der Waals surface area contributed by atoms with Gasteiger partial charge in [0.15, 0.2) is 0 Å². The Hall–Kier alpha value is -1.51. The van der Waals surface area contributed by atoms with E-state index in [-0.39, 0.29) is 5.91 Å². The lowest BCUT2D eigenvalue weighted by atomic mass is 10.1. The number of carbonyl (C=O) groups is 1. The molecular weight excluding hydrogens is 212 g/mol. The summed E-state index contributed by atoms with van der Waals surface area (Å²) in [5.74, 6) is 0.0437. The fourth-order valence-corrected chi connectivity index (χ4v) is 1.78. The molecule has 0 saturated heterocycles. The van der Waals surface area contributed by atoms with E-state index in [1.807, 2.05) is 30.9 Å². The number of rotatable bonds is 5. The zero-order valence-electron chi connectivity index (χ0n) is 11.0. The summed E-state index contributed by atoms with van der Waals surface area (Å²) in [6.45, 7) is 7.63. The van der Waals surface area contributed by atoms with Crippen LogP contribution in [0.25, 0.3) is 0 Å². The van der Waals surface area contributed by atoms with Crippen molar-refractivity contribution in [3.05, 3.63) is 29.3 Å². The molecule has 3 heteroatoms. The second-order valence-electron chi connectivity index (χ2n) is 4.33. The van der Waals surface area contributed by atoms with Crippen LogP contribution < -0.4 is 5.73 Å². The molecule has 2 N–H and O–H groups in total. The molecule has 1 aromatic carbocycles. The predicted octanol–water partition coefficient (Wildman–Crippen LogP) is 2.84. The van der Waals surface area contributed by atoms with Crippen molar-refractivity contribution in [2.24, 2.45) is 0 Å². The van der Waals surface area contributed by atoms with Crippen LogP contribution in [0.4, 0.5) is 5.69 Å². The van der Waals surface area contributed by atoms with Crippen LogP contribution in [0.1, 0.15) is 42.6 Å². The molecule has 3 nitrogen and oxygen atoms in total. The van der Waals surface area contributed by atoms with Gasteiger partial charge in [-0.15, -0.1) is 0 Å². The number of amides is 1. The van der Waals surface area contributed by atoms with Crippen LogP contribution in [0.3, 0.4) is 0 Å². The van der Waals surface area contributed by atoms with Crippen LogP contribution in [-0.2, 0) is 0 Å². The Kier molecular flexibility index (Phi) is 5.01. The second kappa shape index (κ2) is 6.28. The monoisotopic (exact) mass is 234 g/mol. The van der Waals surface area contributed by atoms with Crippen LogP contribution in [0.2, 0.25) is 0 Å². The van der Waals surface area contributed by atoms with Crippen molar-refractivity contribution in [1.82, 2.24) is 4.90 Å². The van der Waals surface area contributed by atoms with Crippen molar-refractivity contribution in [3.63, 3.8) is 0 Å². The topological polar surface area (TPSA) is 46.3 Å². The molecule has 17 heavy (non-hydrogen) atoms. The first-order chi connectivity index (χ1) is 8.10. The first-order valence-electron chi connectivity index (χ1n) is 6.25. The van der Waals surface area contributed by atoms with E-state index in [9.17, 15) is 4.79 Å². The summed E-state index contributed by atoms with van der Waals surface area (Å²) in [6.07, 6.45) is 2.12. The van der Waals surface area contributed by atoms with Crippen LogP contribution in [0, 0.1) is 6.92 Å². The normalized spacial score (nSPS) is 10.3. The lowest BCUT2D eigenvalue weighted by Crippen LogP contribution is -2.32. The van der Waals surface area contributed by atoms with E-state index in [1.165, 1.54) is 0 Å². The SMILES string of the molecule is CCCCN(CC)C(=O)c1cc(C)ccc1N. The molecule has 0 atom stereocenters. The molecule has 1 amide bonds. The Labute approximate surface area is 104 Å². The minimum atomic E-state index is 0.0437. The van der Waals surface area contributed by atoms with Crippen molar-refractivity contribution >= 4 is 11.6 Å². The fourth-order valence-electron chi connectivity index (χ4n) is 1.78. The van der Waals surface area contributed by atoms with Gasteiger partial charge in [0, 0.05) is 18.8 Å². The number of benzene rings is 1. The third kappa shape index (κ3) is 3.48. The maximum Gasteiger partial charge on any atom is 0.255 e. The molecule has 1 aromatic rings. The number of nitrogens with two attached hydrogens (primary N) is 1. The highest BCUT2D eigenvalue weighted by atomic mass is 16.2. The lowest BCUT2D eigenvalue weighted by molar-refractivity contribution is 0.0763. The van der Waals surface area contributed by atoms with Gasteiger partial charge in [0.05, 0.1) is 5.56 Å². The number of carbonyl (C=O) groups excluding carboxylic acids is 1. The van der Waals surface area contributed by atoms with Crippen LogP contribution in [-0.4, -0.2) is 23.9 Å². The standard InChI is InChI=1S/C14H22N2O/c1-4-6-9-16(5-2)14(17)12-10-11(3)7-8-13(12)15/h7-8,10H,4-6,9,15H2,1-3H3. The molecule has 0 heterocycles. The van der Waals surface area contributed by atoms with E-state index in [1.54, 1.807) is 6.07 Å². The molecular formula is C14H22N2O. The Morgan fingerprint density at radius 1 is 1.35 bits per heavy atom. The minimum absolute atomic E-state index is 0.0437. The second-order valence-corrected chi connectivity index (χ2v) is 4.33. The van der Waals surface area contributed by atoms with Crippen LogP contribution in [0.5, 0.6) is 0 Å². The molecule has 0 aliphatic carbocycles. The number of unbranched alkanes of at least 4 members (excludes halogenated alkanes) is 1. The van der Waals surface area contributed by atoms with Gasteiger partial charge < -0.3 is 10.6 Å². The summed E-state index contributed by atoms with van der Waals surface area (Å²) < 4.78 is 0. The Morgan fingerprint density at radius 2 is 2.06 bits per heavy atom. The van der Waals surface area contributed by atoms with E-state index < -0.39 is 0 Å². The molecule has 0 aliphatic heterocycles. The van der Waals surface area contributed by atoms with E-state index >= 15 is 0 Å². The van der Waals surface area contributed by atoms with Crippen molar-refractivity contribution in [3.8, 4) is 0 Å². The maximum atomic E-state index is 12.3. The van der Waals surface area contributed by atoms with E-state index in [0.29, 0.717) is 11.3 Å². The molecule has 0 radical (unpaired) electrons. The highest BCUT2D eigenvalue weighted by molar-refractivity contribution is 5.99. The maximum absolute atomic E-state index is 12.3. The van der Waals surface area contributed by atoms with Gasteiger partial charge in [-0.25, -0.2) is 0 Å². The Morgan fingerprint density at radius 3 is 2.65 bits per heavy atom. The summed E-state index contributed by atoms with van der Waals surface area (Å²) in [4.78, 5) is 14.2. The highest BCUT2D eigenvalue weighted by Gasteiger charge is 2.16. The molecule has 0 aliphatic rings. The number of hydrogen-bond donors (Lipinski definition) is 1. The zero-order valence-corrected chi connectivity index (χ0v) is 11.0. The largest absolute Gasteiger partial charge is 0.398 e. The van der Waals surface area contributed by atoms with Gasteiger partial charge >= 0.3 is 0 Å². The lowest BCUT2D eigenvalue weighted by Gasteiger charge is -2.21. The van der Waals surface area contributed by atoms with Gasteiger partial charge in [0.25, 0.3) is 5.91 Å². The predicted molar refractivity (Wildman–Crippen MR) is 72.1 cm³/mol. The zero-order chi connectivity index (χ0) is 12.8. The summed E-state index contributed by atoms with van der Waals surface area (Å²) >= 11 is 0. The third-order valence-corrected chi connectivity index (χ3v) is 2.89. The van der Waals surface area contributed by atoms with Gasteiger partial charge in [-0.2, -0.15) is 0 Å². The summed E-state index contributed by atoms with van der Waals surface area (Å²) in [5, 5.41) is 0. The number of nitrogen functional groups attached to an aromatic ring is 1. The Bertz CT molecular complexity index is 388. The highest BCUT2D eigenvalue weighted by Crippen LogP contribution is 2.16. The summed E-state index contributed by atoms with van der Waals surface area (Å²) in [5.41, 5.74) is 8.12. The first-order valence-corrected chi connectivity index (χ1v) is 6.25. The molecule has 0 saturated carbocycles. The Balaban J connectivity index is 2.89. The number of hydrogen-bond acceptors (Lipinski definition) is 2. The van der Waals surface area contributed by atoms with Crippen molar-refractivity contribution < 1.29 is 4.79 Å². The number of nitrogens with zero attached hydrogens (tertiary/aromatic N) is 1.